The van der Waals surface area contributed by atoms with E-state index >= 15 is 0 Å². The number of nitrogens with zero attached hydrogens (tertiary/aromatic N) is 2. The maximum Gasteiger partial charge on any atom is 0.0234 e. The summed E-state index contributed by atoms with van der Waals surface area (Å²) in [4.78, 5) is 4.97. The van der Waals surface area contributed by atoms with Gasteiger partial charge in [-0.05, 0) is 31.0 Å². The highest BCUT2D eigenvalue weighted by molar-refractivity contribution is 5.30. The van der Waals surface area contributed by atoms with Crippen molar-refractivity contribution in [2.45, 2.75) is 44.1 Å². The first-order valence-corrected chi connectivity index (χ1v) is 8.92. The van der Waals surface area contributed by atoms with Gasteiger partial charge in [-0.2, -0.15) is 0 Å². The van der Waals surface area contributed by atoms with Gasteiger partial charge in [0.15, 0.2) is 0 Å². The van der Waals surface area contributed by atoms with Crippen LogP contribution in [0, 0.1) is 0 Å². The molecule has 2 fully saturated rings. The van der Waals surface area contributed by atoms with E-state index in [0.29, 0.717) is 0 Å². The van der Waals surface area contributed by atoms with Gasteiger partial charge in [-0.1, -0.05) is 43.5 Å². The fourth-order valence-electron chi connectivity index (χ4n) is 4.07. The van der Waals surface area contributed by atoms with Crippen molar-refractivity contribution in [1.29, 1.82) is 0 Å². The van der Waals surface area contributed by atoms with Crippen molar-refractivity contribution in [3.8, 4) is 0 Å². The van der Waals surface area contributed by atoms with Crippen LogP contribution in [0.15, 0.2) is 24.3 Å². The molecule has 2 aliphatic rings. The molecule has 3 rings (SSSR count). The summed E-state index contributed by atoms with van der Waals surface area (Å²) >= 11 is 0. The van der Waals surface area contributed by atoms with Gasteiger partial charge in [0.1, 0.15) is 0 Å². The molecule has 1 saturated carbocycles. The topological polar surface area (TPSA) is 32.5 Å². The van der Waals surface area contributed by atoms with Gasteiger partial charge in [-0.25, -0.2) is 0 Å². The Labute approximate surface area is 135 Å². The minimum absolute atomic E-state index is 0.255. The van der Waals surface area contributed by atoms with Gasteiger partial charge in [0.2, 0.25) is 0 Å². The van der Waals surface area contributed by atoms with E-state index in [1.54, 1.807) is 0 Å². The highest BCUT2D eigenvalue weighted by Crippen LogP contribution is 2.38. The van der Waals surface area contributed by atoms with Crippen LogP contribution in [0.5, 0.6) is 0 Å². The summed E-state index contributed by atoms with van der Waals surface area (Å²) in [6, 6.07) is 9.37. The van der Waals surface area contributed by atoms with Crippen molar-refractivity contribution >= 4 is 0 Å². The number of rotatable bonds is 4. The maximum absolute atomic E-state index is 6.16. The summed E-state index contributed by atoms with van der Waals surface area (Å²) in [6.45, 7) is 6.63. The van der Waals surface area contributed by atoms with Gasteiger partial charge in [0.25, 0.3) is 0 Å². The van der Waals surface area contributed by atoms with Crippen molar-refractivity contribution in [2.24, 2.45) is 5.73 Å². The zero-order chi connectivity index (χ0) is 15.4. The summed E-state index contributed by atoms with van der Waals surface area (Å²) in [5, 5.41) is 0. The van der Waals surface area contributed by atoms with E-state index in [4.69, 9.17) is 5.73 Å². The molecule has 22 heavy (non-hydrogen) atoms. The molecule has 3 heteroatoms. The quantitative estimate of drug-likeness (QED) is 0.928. The van der Waals surface area contributed by atoms with Crippen LogP contribution < -0.4 is 5.73 Å². The third-order valence-corrected chi connectivity index (χ3v) is 5.77. The zero-order valence-corrected chi connectivity index (χ0v) is 14.1. The van der Waals surface area contributed by atoms with Crippen molar-refractivity contribution in [1.82, 2.24) is 9.80 Å². The largest absolute Gasteiger partial charge is 0.330 e. The lowest BCUT2D eigenvalue weighted by Crippen LogP contribution is -2.43. The molecule has 0 atom stereocenters. The average Bonchev–Trinajstić information content (AvgIpc) is 2.58. The molecule has 2 N–H and O–H groups in total. The molecule has 1 aromatic rings. The standard InChI is InChI=1S/C19H31N3/c1-21-11-13-22(14-12-21)15-17-5-7-18(8-6-17)19(16-20)9-3-2-4-10-19/h5-8H,2-4,9-16,20H2,1H3. The molecule has 3 nitrogen and oxygen atoms in total. The SMILES string of the molecule is CN1CCN(Cc2ccc(C3(CN)CCCCC3)cc2)CC1. The number of benzene rings is 1. The van der Waals surface area contributed by atoms with Gasteiger partial charge < -0.3 is 10.6 Å². The van der Waals surface area contributed by atoms with Gasteiger partial charge in [0, 0.05) is 44.7 Å². The molecule has 0 radical (unpaired) electrons. The predicted molar refractivity (Wildman–Crippen MR) is 93.0 cm³/mol. The Bertz CT molecular complexity index is 454. The third-order valence-electron chi connectivity index (χ3n) is 5.77. The lowest BCUT2D eigenvalue weighted by molar-refractivity contribution is 0.148. The van der Waals surface area contributed by atoms with Crippen LogP contribution >= 0.6 is 0 Å². The van der Waals surface area contributed by atoms with Crippen LogP contribution in [0.3, 0.4) is 0 Å². The maximum atomic E-state index is 6.16. The van der Waals surface area contributed by atoms with Gasteiger partial charge in [0.05, 0.1) is 0 Å². The number of piperazine rings is 1. The Morgan fingerprint density at radius 3 is 2.18 bits per heavy atom. The third kappa shape index (κ3) is 3.53. The number of hydrogen-bond acceptors (Lipinski definition) is 3. The molecule has 1 aliphatic carbocycles. The molecule has 1 heterocycles. The monoisotopic (exact) mass is 301 g/mol. The first-order chi connectivity index (χ1) is 10.7. The number of nitrogens with two attached hydrogens (primary N) is 1. The van der Waals surface area contributed by atoms with Crippen molar-refractivity contribution in [3.05, 3.63) is 35.4 Å². The molecule has 1 aliphatic heterocycles. The summed E-state index contributed by atoms with van der Waals surface area (Å²) in [5.74, 6) is 0. The number of hydrogen-bond donors (Lipinski definition) is 1. The predicted octanol–water partition coefficient (Wildman–Crippen LogP) is 2.59. The Kier molecular flexibility index (Phi) is 5.17. The average molecular weight is 301 g/mol. The number of likely N-dealkylation sites (N-methyl/N-ethyl adjacent to an activating group) is 1. The van der Waals surface area contributed by atoms with Gasteiger partial charge in [-0.3, -0.25) is 4.90 Å². The molecular weight excluding hydrogens is 270 g/mol. The second-order valence-corrected chi connectivity index (χ2v) is 7.32. The molecule has 0 bridgehead atoms. The summed E-state index contributed by atoms with van der Waals surface area (Å²) < 4.78 is 0. The van der Waals surface area contributed by atoms with Gasteiger partial charge >= 0.3 is 0 Å². The first kappa shape index (κ1) is 16.0. The van der Waals surface area contributed by atoms with Crippen molar-refractivity contribution in [2.75, 3.05) is 39.8 Å². The normalized spacial score (nSPS) is 23.5. The lowest BCUT2D eigenvalue weighted by atomic mass is 9.69. The van der Waals surface area contributed by atoms with E-state index in [1.165, 1.54) is 69.4 Å². The second kappa shape index (κ2) is 7.12. The van der Waals surface area contributed by atoms with Crippen LogP contribution in [-0.4, -0.2) is 49.6 Å². The molecule has 1 saturated heterocycles. The Hall–Kier alpha value is -0.900. The molecule has 122 valence electrons. The molecular formula is C19H31N3. The van der Waals surface area contributed by atoms with E-state index in [-0.39, 0.29) is 5.41 Å². The van der Waals surface area contributed by atoms with Crippen LogP contribution in [0.4, 0.5) is 0 Å². The van der Waals surface area contributed by atoms with Crippen molar-refractivity contribution < 1.29 is 0 Å². The first-order valence-electron chi connectivity index (χ1n) is 8.92. The van der Waals surface area contributed by atoms with Crippen LogP contribution in [0.2, 0.25) is 0 Å². The van der Waals surface area contributed by atoms with E-state index in [0.717, 1.165) is 13.1 Å². The fraction of sp³-hybridized carbons (Fsp3) is 0.684. The molecule has 0 unspecified atom stereocenters. The van der Waals surface area contributed by atoms with E-state index < -0.39 is 0 Å². The van der Waals surface area contributed by atoms with E-state index in [9.17, 15) is 0 Å². The fourth-order valence-corrected chi connectivity index (χ4v) is 4.07. The smallest absolute Gasteiger partial charge is 0.0234 e. The Morgan fingerprint density at radius 1 is 0.955 bits per heavy atom. The summed E-state index contributed by atoms with van der Waals surface area (Å²) in [7, 11) is 2.21. The molecule has 0 amide bonds. The Morgan fingerprint density at radius 2 is 1.59 bits per heavy atom. The van der Waals surface area contributed by atoms with Crippen LogP contribution in [0.25, 0.3) is 0 Å². The van der Waals surface area contributed by atoms with Crippen molar-refractivity contribution in [3.63, 3.8) is 0 Å². The minimum atomic E-state index is 0.255. The van der Waals surface area contributed by atoms with E-state index in [2.05, 4.69) is 41.1 Å². The summed E-state index contributed by atoms with van der Waals surface area (Å²) in [6.07, 6.45) is 6.58. The Balaban J connectivity index is 1.64. The van der Waals surface area contributed by atoms with Gasteiger partial charge in [-0.15, -0.1) is 0 Å². The molecule has 0 spiro atoms. The highest BCUT2D eigenvalue weighted by Gasteiger charge is 2.32. The minimum Gasteiger partial charge on any atom is -0.330 e. The lowest BCUT2D eigenvalue weighted by Gasteiger charge is -2.37. The summed E-state index contributed by atoms with van der Waals surface area (Å²) in [5.41, 5.74) is 9.32. The van der Waals surface area contributed by atoms with Crippen LogP contribution in [0.1, 0.15) is 43.2 Å². The zero-order valence-electron chi connectivity index (χ0n) is 14.1. The second-order valence-electron chi connectivity index (χ2n) is 7.32. The van der Waals surface area contributed by atoms with E-state index in [1.807, 2.05) is 0 Å². The molecule has 0 aromatic heterocycles. The van der Waals surface area contributed by atoms with Crippen LogP contribution in [-0.2, 0) is 12.0 Å². The highest BCUT2D eigenvalue weighted by atomic mass is 15.2. The molecule has 1 aromatic carbocycles.